The van der Waals surface area contributed by atoms with Gasteiger partial charge in [-0.2, -0.15) is 4.31 Å². The molecule has 174 valence electrons. The average Bonchev–Trinajstić information content (AvgIpc) is 3.42. The Morgan fingerprint density at radius 1 is 1.09 bits per heavy atom. The lowest BCUT2D eigenvalue weighted by Gasteiger charge is -2.19. The lowest BCUT2D eigenvalue weighted by molar-refractivity contribution is -0.122. The van der Waals surface area contributed by atoms with Crippen molar-refractivity contribution in [3.63, 3.8) is 0 Å². The minimum absolute atomic E-state index is 0.00474. The highest BCUT2D eigenvalue weighted by Gasteiger charge is 2.41. The molecule has 0 radical (unpaired) electrons. The first-order chi connectivity index (χ1) is 15.7. The third-order valence-electron chi connectivity index (χ3n) is 5.37. The molecule has 4 rings (SSSR count). The van der Waals surface area contributed by atoms with Gasteiger partial charge in [0.1, 0.15) is 18.2 Å². The molecular weight excluding hydrogens is 454 g/mol. The molecule has 0 spiro atoms. The second kappa shape index (κ2) is 9.38. The van der Waals surface area contributed by atoms with E-state index in [9.17, 15) is 22.0 Å². The summed E-state index contributed by atoms with van der Waals surface area (Å²) in [6.07, 6.45) is 2.16. The molecule has 8 nitrogen and oxygen atoms in total. The zero-order valence-corrected chi connectivity index (χ0v) is 18.5. The fraction of sp³-hybridized carbons (Fsp3) is 0.273. The van der Waals surface area contributed by atoms with Gasteiger partial charge in [-0.25, -0.2) is 22.2 Å². The number of ether oxygens (including phenoxy) is 1. The molecule has 2 aromatic carbocycles. The predicted octanol–water partition coefficient (Wildman–Crippen LogP) is 2.51. The van der Waals surface area contributed by atoms with Gasteiger partial charge in [-0.1, -0.05) is 12.1 Å². The van der Waals surface area contributed by atoms with E-state index in [1.165, 1.54) is 57.8 Å². The Labute approximate surface area is 189 Å². The van der Waals surface area contributed by atoms with E-state index in [2.05, 4.69) is 10.3 Å². The van der Waals surface area contributed by atoms with Crippen LogP contribution in [0.1, 0.15) is 11.5 Å². The molecule has 33 heavy (non-hydrogen) atoms. The fourth-order valence-corrected chi connectivity index (χ4v) is 5.15. The first-order valence-electron chi connectivity index (χ1n) is 10.1. The van der Waals surface area contributed by atoms with Crippen molar-refractivity contribution < 1.29 is 26.7 Å². The zero-order chi connectivity index (χ0) is 23.6. The third-order valence-corrected chi connectivity index (χ3v) is 7.09. The van der Waals surface area contributed by atoms with Gasteiger partial charge < -0.3 is 14.6 Å². The van der Waals surface area contributed by atoms with Gasteiger partial charge in [0, 0.05) is 37.9 Å². The van der Waals surface area contributed by atoms with Crippen molar-refractivity contribution in [1.29, 1.82) is 0 Å². The van der Waals surface area contributed by atoms with E-state index in [-0.39, 0.29) is 24.7 Å². The maximum absolute atomic E-state index is 13.4. The number of amides is 1. The summed E-state index contributed by atoms with van der Waals surface area (Å²) >= 11 is 0. The van der Waals surface area contributed by atoms with Gasteiger partial charge in [0.05, 0.1) is 12.4 Å². The maximum atomic E-state index is 13.4. The molecule has 2 atom stereocenters. The minimum Gasteiger partial charge on any atom is -0.366 e. The highest BCUT2D eigenvalue weighted by atomic mass is 32.2. The molecule has 1 amide bonds. The number of imidazole rings is 1. The number of carbonyl (C=O) groups excluding carboxylic acids is 1. The van der Waals surface area contributed by atoms with Crippen LogP contribution in [0.3, 0.4) is 0 Å². The SMILES string of the molecule is Cn1cnc(S(=O)(=O)N2C[C@H](OCC(=O)Nc3ccc(F)cc3)[C@@H](c3ccc(F)cc3)C2)c1. The lowest BCUT2D eigenvalue weighted by Crippen LogP contribution is -2.31. The van der Waals surface area contributed by atoms with E-state index in [1.807, 2.05) is 0 Å². The lowest BCUT2D eigenvalue weighted by atomic mass is 9.96. The van der Waals surface area contributed by atoms with Gasteiger partial charge in [-0.15, -0.1) is 0 Å². The molecule has 2 heterocycles. The maximum Gasteiger partial charge on any atom is 0.262 e. The van der Waals surface area contributed by atoms with E-state index < -0.39 is 39.6 Å². The van der Waals surface area contributed by atoms with Crippen molar-refractivity contribution in [2.75, 3.05) is 25.0 Å². The van der Waals surface area contributed by atoms with Gasteiger partial charge in [-0.05, 0) is 42.0 Å². The number of nitrogens with one attached hydrogen (secondary N) is 1. The number of carbonyl (C=O) groups is 1. The molecule has 3 aromatic rings. The van der Waals surface area contributed by atoms with Crippen molar-refractivity contribution in [2.24, 2.45) is 7.05 Å². The molecule has 1 saturated heterocycles. The Hall–Kier alpha value is -3.15. The zero-order valence-electron chi connectivity index (χ0n) is 17.7. The van der Waals surface area contributed by atoms with Gasteiger partial charge in [0.15, 0.2) is 5.03 Å². The molecule has 0 unspecified atom stereocenters. The molecule has 11 heteroatoms. The number of aryl methyl sites for hydroxylation is 1. The summed E-state index contributed by atoms with van der Waals surface area (Å²) in [6.45, 7) is -0.239. The fourth-order valence-electron chi connectivity index (χ4n) is 3.70. The summed E-state index contributed by atoms with van der Waals surface area (Å²) < 4.78 is 61.2. The Morgan fingerprint density at radius 2 is 1.73 bits per heavy atom. The number of sulfonamides is 1. The summed E-state index contributed by atoms with van der Waals surface area (Å²) in [6, 6.07) is 11.0. The highest BCUT2D eigenvalue weighted by Crippen LogP contribution is 2.33. The summed E-state index contributed by atoms with van der Waals surface area (Å²) in [4.78, 5) is 16.3. The molecule has 0 aliphatic carbocycles. The summed E-state index contributed by atoms with van der Waals surface area (Å²) in [5, 5.41) is 2.51. The minimum atomic E-state index is -3.88. The van der Waals surface area contributed by atoms with Crippen LogP contribution >= 0.6 is 0 Å². The average molecular weight is 477 g/mol. The Kier molecular flexibility index (Phi) is 6.54. The summed E-state index contributed by atoms with van der Waals surface area (Å²) in [5.41, 5.74) is 1.10. The quantitative estimate of drug-likeness (QED) is 0.566. The first kappa shape index (κ1) is 23.0. The molecular formula is C22H22F2N4O4S. The van der Waals surface area contributed by atoms with Crippen molar-refractivity contribution in [3.05, 3.63) is 78.3 Å². The highest BCUT2D eigenvalue weighted by molar-refractivity contribution is 7.89. The number of anilines is 1. The van der Waals surface area contributed by atoms with Gasteiger partial charge in [-0.3, -0.25) is 4.79 Å². The number of rotatable bonds is 7. The van der Waals surface area contributed by atoms with Crippen molar-refractivity contribution in [2.45, 2.75) is 17.0 Å². The van der Waals surface area contributed by atoms with Crippen molar-refractivity contribution >= 4 is 21.6 Å². The van der Waals surface area contributed by atoms with Crippen LogP contribution < -0.4 is 5.32 Å². The van der Waals surface area contributed by atoms with Gasteiger partial charge in [0.25, 0.3) is 10.0 Å². The van der Waals surface area contributed by atoms with E-state index in [0.29, 0.717) is 11.3 Å². The topological polar surface area (TPSA) is 93.5 Å². The number of hydrogen-bond donors (Lipinski definition) is 1. The molecule has 1 aliphatic rings. The molecule has 1 fully saturated rings. The smallest absolute Gasteiger partial charge is 0.262 e. The summed E-state index contributed by atoms with van der Waals surface area (Å²) in [7, 11) is -2.21. The monoisotopic (exact) mass is 476 g/mol. The number of nitrogens with zero attached hydrogens (tertiary/aromatic N) is 3. The molecule has 1 aromatic heterocycles. The van der Waals surface area contributed by atoms with Gasteiger partial charge >= 0.3 is 0 Å². The van der Waals surface area contributed by atoms with Crippen LogP contribution in [-0.2, 0) is 26.6 Å². The van der Waals surface area contributed by atoms with E-state index >= 15 is 0 Å². The van der Waals surface area contributed by atoms with E-state index in [0.717, 1.165) is 0 Å². The number of halogens is 2. The van der Waals surface area contributed by atoms with E-state index in [4.69, 9.17) is 4.74 Å². The Bertz CT molecular complexity index is 1230. The molecule has 0 bridgehead atoms. The van der Waals surface area contributed by atoms with Crippen LogP contribution in [0.15, 0.2) is 66.1 Å². The second-order valence-corrected chi connectivity index (χ2v) is 9.65. The van der Waals surface area contributed by atoms with Crippen molar-refractivity contribution in [3.8, 4) is 0 Å². The van der Waals surface area contributed by atoms with Crippen LogP contribution in [0.5, 0.6) is 0 Å². The van der Waals surface area contributed by atoms with Crippen molar-refractivity contribution in [1.82, 2.24) is 13.9 Å². The number of aromatic nitrogens is 2. The second-order valence-electron chi connectivity index (χ2n) is 7.76. The molecule has 1 N–H and O–H groups in total. The molecule has 1 aliphatic heterocycles. The Morgan fingerprint density at radius 3 is 2.33 bits per heavy atom. The van der Waals surface area contributed by atoms with Crippen LogP contribution in [0, 0.1) is 11.6 Å². The van der Waals surface area contributed by atoms with E-state index in [1.54, 1.807) is 19.2 Å². The largest absolute Gasteiger partial charge is 0.366 e. The predicted molar refractivity (Wildman–Crippen MR) is 116 cm³/mol. The number of benzene rings is 2. The van der Waals surface area contributed by atoms with Crippen LogP contribution in [0.2, 0.25) is 0 Å². The number of hydrogen-bond acceptors (Lipinski definition) is 5. The Balaban J connectivity index is 1.50. The van der Waals surface area contributed by atoms with Crippen LogP contribution in [0.4, 0.5) is 14.5 Å². The van der Waals surface area contributed by atoms with Gasteiger partial charge in [0.2, 0.25) is 5.91 Å². The first-order valence-corrected chi connectivity index (χ1v) is 11.6. The normalized spacial score (nSPS) is 19.0. The van der Waals surface area contributed by atoms with Crippen LogP contribution in [0.25, 0.3) is 0 Å². The van der Waals surface area contributed by atoms with Crippen LogP contribution in [-0.4, -0.2) is 54.0 Å². The standard InChI is InChI=1S/C22H22F2N4O4S/c1-27-12-22(25-14-27)33(30,31)28-10-19(15-2-4-16(23)5-3-15)20(11-28)32-13-21(29)26-18-8-6-17(24)7-9-18/h2-9,12,14,19-20H,10-11,13H2,1H3,(H,26,29)/t19-,20+/m1/s1. The third kappa shape index (κ3) is 5.27. The summed E-state index contributed by atoms with van der Waals surface area (Å²) in [5.74, 6) is -1.72. The molecule has 0 saturated carbocycles.